The summed E-state index contributed by atoms with van der Waals surface area (Å²) >= 11 is 0. The summed E-state index contributed by atoms with van der Waals surface area (Å²) < 4.78 is 63.8. The Morgan fingerprint density at radius 2 is 1.40 bits per heavy atom. The number of alkyl halides is 3. The normalized spacial score (nSPS) is 19.3. The van der Waals surface area contributed by atoms with Crippen LogP contribution in [0.2, 0.25) is 0 Å². The van der Waals surface area contributed by atoms with Gasteiger partial charge in [-0.1, -0.05) is 32.1 Å². The zero-order valence-corrected chi connectivity index (χ0v) is 25.7. The Hall–Kier alpha value is -3.94. The van der Waals surface area contributed by atoms with Crippen LogP contribution >= 0.6 is 0 Å². The second kappa shape index (κ2) is 14.4. The van der Waals surface area contributed by atoms with Crippen molar-refractivity contribution in [3.63, 3.8) is 0 Å². The van der Waals surface area contributed by atoms with Gasteiger partial charge < -0.3 is 21.3 Å². The predicted octanol–water partition coefficient (Wildman–Crippen LogP) is 4.21. The molecule has 2 fully saturated rings. The zero-order valence-electron chi connectivity index (χ0n) is 24.8. The summed E-state index contributed by atoms with van der Waals surface area (Å²) in [7, 11) is -3.42. The first-order chi connectivity index (χ1) is 21.2. The van der Waals surface area contributed by atoms with Crippen LogP contribution in [-0.4, -0.2) is 56.9 Å². The molecule has 0 radical (unpaired) electrons. The van der Waals surface area contributed by atoms with Gasteiger partial charge in [-0.25, -0.2) is 8.42 Å². The maximum absolute atomic E-state index is 13.5. The fraction of sp³-hybridized carbons (Fsp3) is 0.484. The minimum absolute atomic E-state index is 0.0730. The Labute approximate surface area is 259 Å². The number of amides is 4. The van der Waals surface area contributed by atoms with Crippen molar-refractivity contribution in [1.82, 2.24) is 16.0 Å². The molecule has 2 saturated carbocycles. The topological polar surface area (TPSA) is 151 Å². The van der Waals surface area contributed by atoms with Crippen molar-refractivity contribution in [3.05, 3.63) is 59.2 Å². The van der Waals surface area contributed by atoms with E-state index in [1.54, 1.807) is 0 Å². The molecule has 14 heteroatoms. The molecule has 0 aromatic heterocycles. The van der Waals surface area contributed by atoms with Gasteiger partial charge in [0.25, 0.3) is 11.8 Å². The number of halogens is 3. The number of carbonyl (C=O) groups is 4. The van der Waals surface area contributed by atoms with Gasteiger partial charge in [0.2, 0.25) is 11.8 Å². The summed E-state index contributed by atoms with van der Waals surface area (Å²) in [6.45, 7) is -0.546. The maximum atomic E-state index is 13.5. The smallest absolute Gasteiger partial charge is 0.350 e. The number of benzene rings is 2. The van der Waals surface area contributed by atoms with Crippen LogP contribution in [0.25, 0.3) is 0 Å². The number of nitrogens with one attached hydrogen (secondary N) is 4. The maximum Gasteiger partial charge on any atom is 0.416 e. The van der Waals surface area contributed by atoms with Crippen LogP contribution < -0.4 is 21.3 Å². The minimum atomic E-state index is -4.73. The molecule has 244 valence electrons. The summed E-state index contributed by atoms with van der Waals surface area (Å²) in [6, 6.07) is 7.05. The highest BCUT2D eigenvalue weighted by Gasteiger charge is 2.33. The zero-order chi connectivity index (χ0) is 32.8. The highest BCUT2D eigenvalue weighted by Crippen LogP contribution is 2.33. The van der Waals surface area contributed by atoms with Crippen molar-refractivity contribution in [1.29, 1.82) is 0 Å². The third kappa shape index (κ3) is 9.28. The van der Waals surface area contributed by atoms with Gasteiger partial charge >= 0.3 is 6.18 Å². The van der Waals surface area contributed by atoms with Crippen LogP contribution in [0, 0.1) is 5.92 Å². The fourth-order valence-corrected chi connectivity index (χ4v) is 6.34. The number of carbonyl (C=O) groups excluding carboxylic acids is 4. The number of sulfone groups is 1. The summed E-state index contributed by atoms with van der Waals surface area (Å²) in [5, 5.41) is 10.6. The lowest BCUT2D eigenvalue weighted by molar-refractivity contribution is -0.137. The van der Waals surface area contributed by atoms with E-state index in [-0.39, 0.29) is 28.0 Å². The van der Waals surface area contributed by atoms with Gasteiger partial charge in [0.1, 0.15) is 0 Å². The van der Waals surface area contributed by atoms with E-state index in [1.807, 2.05) is 0 Å². The second-order valence-corrected chi connectivity index (χ2v) is 13.6. The molecule has 4 amide bonds. The number of hydrogen-bond donors (Lipinski definition) is 4. The van der Waals surface area contributed by atoms with Gasteiger partial charge in [0.15, 0.2) is 9.84 Å². The van der Waals surface area contributed by atoms with E-state index < -0.39 is 63.5 Å². The average molecular weight is 651 g/mol. The minimum Gasteiger partial charge on any atom is -0.350 e. The van der Waals surface area contributed by atoms with E-state index in [1.165, 1.54) is 24.3 Å². The van der Waals surface area contributed by atoms with Gasteiger partial charge in [-0.2, -0.15) is 13.2 Å². The molecule has 45 heavy (non-hydrogen) atoms. The van der Waals surface area contributed by atoms with Crippen molar-refractivity contribution < 1.29 is 40.8 Å². The van der Waals surface area contributed by atoms with E-state index >= 15 is 0 Å². The Balaban J connectivity index is 1.38. The molecule has 2 atom stereocenters. The first kappa shape index (κ1) is 33.9. The first-order valence-corrected chi connectivity index (χ1v) is 16.8. The average Bonchev–Trinajstić information content (AvgIpc) is 3.00. The van der Waals surface area contributed by atoms with Crippen molar-refractivity contribution in [2.75, 3.05) is 18.1 Å². The third-order valence-corrected chi connectivity index (χ3v) is 9.34. The van der Waals surface area contributed by atoms with Crippen LogP contribution in [0.3, 0.4) is 0 Å². The van der Waals surface area contributed by atoms with Gasteiger partial charge in [0, 0.05) is 29.8 Å². The van der Waals surface area contributed by atoms with Gasteiger partial charge in [0.05, 0.1) is 28.3 Å². The lowest BCUT2D eigenvalue weighted by atomic mass is 9.88. The molecule has 0 bridgehead atoms. The standard InChI is InChI=1S/C31H37F3N4O6S/c1-45(43,44)22-14-11-20(12-15-22)29(41)38-26-10-6-5-9-25(26)36-27(39)18-35-30(42)23-17-21(31(32,33)34)13-16-24(23)37-28(40)19-7-3-2-4-8-19/h11-17,19,25-26H,2-10,18H2,1H3,(H,35,42)(H,36,39)(H,37,40)(H,38,41)/t25-,26+/m1/s1. The van der Waals surface area contributed by atoms with Crippen molar-refractivity contribution in [2.45, 2.75) is 80.9 Å². The molecule has 0 spiro atoms. The molecule has 0 unspecified atom stereocenters. The number of hydrogen-bond acceptors (Lipinski definition) is 6. The first-order valence-electron chi connectivity index (χ1n) is 14.9. The molecular formula is C31H37F3N4O6S. The molecule has 0 heterocycles. The molecule has 0 saturated heterocycles. The lowest BCUT2D eigenvalue weighted by Gasteiger charge is -2.33. The Morgan fingerprint density at radius 1 is 0.800 bits per heavy atom. The van der Waals surface area contributed by atoms with Gasteiger partial charge in [-0.3, -0.25) is 19.2 Å². The highest BCUT2D eigenvalue weighted by molar-refractivity contribution is 7.90. The van der Waals surface area contributed by atoms with Crippen molar-refractivity contribution >= 4 is 39.2 Å². The van der Waals surface area contributed by atoms with Crippen LogP contribution in [0.1, 0.15) is 84.1 Å². The van der Waals surface area contributed by atoms with Crippen LogP contribution in [0.4, 0.5) is 18.9 Å². The van der Waals surface area contributed by atoms with Crippen LogP contribution in [0.5, 0.6) is 0 Å². The Morgan fingerprint density at radius 3 is 2.00 bits per heavy atom. The van der Waals surface area contributed by atoms with Crippen molar-refractivity contribution in [3.8, 4) is 0 Å². The monoisotopic (exact) mass is 650 g/mol. The SMILES string of the molecule is CS(=O)(=O)c1ccc(C(=O)N[C@H]2CCCC[C@H]2NC(=O)CNC(=O)c2cc(C(F)(F)F)ccc2NC(=O)C2CCCCC2)cc1. The van der Waals surface area contributed by atoms with Gasteiger partial charge in [-0.05, 0) is 68.1 Å². The second-order valence-electron chi connectivity index (χ2n) is 11.6. The van der Waals surface area contributed by atoms with E-state index in [0.717, 1.165) is 50.5 Å². The predicted molar refractivity (Wildman–Crippen MR) is 160 cm³/mol. The van der Waals surface area contributed by atoms with Crippen LogP contribution in [-0.2, 0) is 25.6 Å². The third-order valence-electron chi connectivity index (χ3n) is 8.21. The molecule has 4 N–H and O–H groups in total. The van der Waals surface area contributed by atoms with Crippen LogP contribution in [0.15, 0.2) is 47.4 Å². The summed E-state index contributed by atoms with van der Waals surface area (Å²) in [5.74, 6) is -2.66. The Bertz CT molecular complexity index is 1520. The molecule has 4 rings (SSSR count). The Kier molecular flexibility index (Phi) is 10.9. The summed E-state index contributed by atoms with van der Waals surface area (Å²) in [6.07, 6.45) is 3.10. The van der Waals surface area contributed by atoms with E-state index in [9.17, 15) is 40.8 Å². The van der Waals surface area contributed by atoms with Gasteiger partial charge in [-0.15, -0.1) is 0 Å². The summed E-state index contributed by atoms with van der Waals surface area (Å²) in [5.41, 5.74) is -1.31. The molecule has 2 aliphatic rings. The quantitative estimate of drug-likeness (QED) is 0.319. The molecule has 2 aromatic carbocycles. The molecule has 10 nitrogen and oxygen atoms in total. The van der Waals surface area contributed by atoms with E-state index in [0.29, 0.717) is 31.7 Å². The molecular weight excluding hydrogens is 613 g/mol. The highest BCUT2D eigenvalue weighted by atomic mass is 32.2. The fourth-order valence-electron chi connectivity index (χ4n) is 5.71. The lowest BCUT2D eigenvalue weighted by Crippen LogP contribution is -2.54. The largest absolute Gasteiger partial charge is 0.416 e. The number of anilines is 1. The molecule has 2 aliphatic carbocycles. The molecule has 0 aliphatic heterocycles. The molecule has 2 aromatic rings. The summed E-state index contributed by atoms with van der Waals surface area (Å²) in [4.78, 5) is 51.6. The van der Waals surface area contributed by atoms with E-state index in [2.05, 4.69) is 21.3 Å². The van der Waals surface area contributed by atoms with Crippen molar-refractivity contribution in [2.24, 2.45) is 5.92 Å². The number of rotatable bonds is 9. The van der Waals surface area contributed by atoms with E-state index in [4.69, 9.17) is 0 Å².